The summed E-state index contributed by atoms with van der Waals surface area (Å²) in [5, 5.41) is 5.94. The van der Waals surface area contributed by atoms with Gasteiger partial charge in [0.15, 0.2) is 11.6 Å². The zero-order valence-corrected chi connectivity index (χ0v) is 22.5. The predicted molar refractivity (Wildman–Crippen MR) is 171 cm³/mol. The number of rotatable bonds is 3. The maximum absolute atomic E-state index is 5.13. The number of benzene rings is 5. The molecule has 5 aromatic carbocycles. The highest BCUT2D eigenvalue weighted by atomic mass is 15.2. The number of pyridine rings is 1. The molecule has 0 bridgehead atoms. The highest BCUT2D eigenvalue weighted by Crippen LogP contribution is 2.40. The fourth-order valence-electron chi connectivity index (χ4n) is 6.33. The molecule has 0 atom stereocenters. The maximum atomic E-state index is 5.13. The van der Waals surface area contributed by atoms with Crippen LogP contribution in [0.3, 0.4) is 0 Å². The average molecular weight is 538 g/mol. The minimum absolute atomic E-state index is 0.593. The molecular formula is C37H23N5. The quantitative estimate of drug-likeness (QED) is 0.226. The van der Waals surface area contributed by atoms with Crippen molar-refractivity contribution in [1.82, 2.24) is 23.9 Å². The van der Waals surface area contributed by atoms with E-state index in [1.165, 1.54) is 21.7 Å². The van der Waals surface area contributed by atoms with Crippen LogP contribution in [-0.2, 0) is 0 Å². The molecule has 0 aliphatic carbocycles. The molecule has 42 heavy (non-hydrogen) atoms. The molecule has 0 N–H and O–H groups in total. The van der Waals surface area contributed by atoms with E-state index < -0.39 is 0 Å². The molecule has 4 heterocycles. The lowest BCUT2D eigenvalue weighted by atomic mass is 10.1. The van der Waals surface area contributed by atoms with Crippen LogP contribution in [0.1, 0.15) is 0 Å². The highest BCUT2D eigenvalue weighted by Gasteiger charge is 2.22. The summed E-state index contributed by atoms with van der Waals surface area (Å²) < 4.78 is 4.58. The third kappa shape index (κ3) is 3.28. The fourth-order valence-corrected chi connectivity index (χ4v) is 6.33. The number of fused-ring (bicyclic) bond motifs is 10. The number of nitrogens with zero attached hydrogens (tertiary/aromatic N) is 5. The first-order valence-electron chi connectivity index (χ1n) is 14.1. The van der Waals surface area contributed by atoms with Gasteiger partial charge in [0.2, 0.25) is 5.95 Å². The topological polar surface area (TPSA) is 48.0 Å². The Labute approximate surface area is 241 Å². The van der Waals surface area contributed by atoms with E-state index in [1.54, 1.807) is 0 Å². The molecule has 0 spiro atoms. The number of aromatic nitrogens is 5. The standard InChI is InChI=1S/C37H23N5/c1-3-13-24(14-4-1)35-38-36(25-15-5-2-6-16-25)40-37(39-35)42-31-22-12-11-21-30(31)33-34(42)29-20-10-9-19-28(29)32-27-18-8-7-17-26(27)23-41(32)33/h1-23H. The lowest BCUT2D eigenvalue weighted by Crippen LogP contribution is -2.06. The van der Waals surface area contributed by atoms with Crippen molar-refractivity contribution in [2.45, 2.75) is 0 Å². The van der Waals surface area contributed by atoms with Gasteiger partial charge in [-0.2, -0.15) is 9.97 Å². The Balaban J connectivity index is 1.49. The first-order chi connectivity index (χ1) is 20.8. The van der Waals surface area contributed by atoms with Gasteiger partial charge in [0.1, 0.15) is 0 Å². The van der Waals surface area contributed by atoms with Crippen molar-refractivity contribution in [2.24, 2.45) is 0 Å². The molecule has 0 radical (unpaired) electrons. The van der Waals surface area contributed by atoms with Crippen LogP contribution in [-0.4, -0.2) is 23.9 Å². The van der Waals surface area contributed by atoms with Gasteiger partial charge in [0.05, 0.1) is 22.1 Å². The van der Waals surface area contributed by atoms with Gasteiger partial charge in [0, 0.05) is 44.3 Å². The van der Waals surface area contributed by atoms with Gasteiger partial charge in [-0.3, -0.25) is 4.57 Å². The highest BCUT2D eigenvalue weighted by molar-refractivity contribution is 6.24. The van der Waals surface area contributed by atoms with Crippen molar-refractivity contribution in [3.8, 4) is 28.7 Å². The van der Waals surface area contributed by atoms with Crippen molar-refractivity contribution < 1.29 is 0 Å². The molecular weight excluding hydrogens is 514 g/mol. The summed E-state index contributed by atoms with van der Waals surface area (Å²) >= 11 is 0. The minimum Gasteiger partial charge on any atom is -0.313 e. The van der Waals surface area contributed by atoms with Gasteiger partial charge in [-0.25, -0.2) is 4.98 Å². The summed E-state index contributed by atoms with van der Waals surface area (Å²) in [7, 11) is 0. The third-order valence-electron chi connectivity index (χ3n) is 8.14. The summed E-state index contributed by atoms with van der Waals surface area (Å²) in [6.07, 6.45) is 2.26. The van der Waals surface area contributed by atoms with Gasteiger partial charge in [0.25, 0.3) is 0 Å². The Hall–Kier alpha value is -5.81. The van der Waals surface area contributed by atoms with Crippen LogP contribution in [0.2, 0.25) is 0 Å². The van der Waals surface area contributed by atoms with Crippen LogP contribution >= 0.6 is 0 Å². The number of hydrogen-bond donors (Lipinski definition) is 0. The zero-order valence-electron chi connectivity index (χ0n) is 22.5. The molecule has 9 aromatic rings. The molecule has 0 saturated carbocycles. The molecule has 0 unspecified atom stereocenters. The Morgan fingerprint density at radius 3 is 1.60 bits per heavy atom. The van der Waals surface area contributed by atoms with Crippen molar-refractivity contribution in [2.75, 3.05) is 0 Å². The summed E-state index contributed by atoms with van der Waals surface area (Å²) in [6, 6.07) is 46.1. The van der Waals surface area contributed by atoms with E-state index in [4.69, 9.17) is 15.0 Å². The molecule has 0 amide bonds. The van der Waals surface area contributed by atoms with E-state index in [0.29, 0.717) is 17.6 Å². The van der Waals surface area contributed by atoms with E-state index >= 15 is 0 Å². The third-order valence-corrected chi connectivity index (χ3v) is 8.14. The molecule has 0 fully saturated rings. The summed E-state index contributed by atoms with van der Waals surface area (Å²) in [5.41, 5.74) is 6.36. The number of hydrogen-bond acceptors (Lipinski definition) is 3. The van der Waals surface area contributed by atoms with Crippen molar-refractivity contribution in [3.05, 3.63) is 140 Å². The Morgan fingerprint density at radius 2 is 0.929 bits per heavy atom. The van der Waals surface area contributed by atoms with E-state index in [0.717, 1.165) is 38.4 Å². The predicted octanol–water partition coefficient (Wildman–Crippen LogP) is 8.86. The molecule has 196 valence electrons. The lowest BCUT2D eigenvalue weighted by molar-refractivity contribution is 0.954. The van der Waals surface area contributed by atoms with Gasteiger partial charge < -0.3 is 4.40 Å². The molecule has 5 nitrogen and oxygen atoms in total. The Kier molecular flexibility index (Phi) is 4.83. The van der Waals surface area contributed by atoms with Gasteiger partial charge in [-0.05, 0) is 6.07 Å². The van der Waals surface area contributed by atoms with Gasteiger partial charge in [-0.1, -0.05) is 127 Å². The molecule has 9 rings (SSSR count). The second-order valence-corrected chi connectivity index (χ2v) is 10.5. The first-order valence-corrected chi connectivity index (χ1v) is 14.1. The van der Waals surface area contributed by atoms with E-state index in [1.807, 2.05) is 60.7 Å². The van der Waals surface area contributed by atoms with Crippen LogP contribution in [0.4, 0.5) is 0 Å². The fraction of sp³-hybridized carbons (Fsp3) is 0. The van der Waals surface area contributed by atoms with Crippen LogP contribution in [0.25, 0.3) is 77.7 Å². The second-order valence-electron chi connectivity index (χ2n) is 10.5. The largest absolute Gasteiger partial charge is 0.313 e. The summed E-state index contributed by atoms with van der Waals surface area (Å²) in [5.74, 6) is 1.88. The molecule has 0 aliphatic heterocycles. The van der Waals surface area contributed by atoms with Gasteiger partial charge in [-0.15, -0.1) is 0 Å². The van der Waals surface area contributed by atoms with Crippen LogP contribution in [0.15, 0.2) is 140 Å². The lowest BCUT2D eigenvalue weighted by Gasteiger charge is -2.12. The van der Waals surface area contributed by atoms with Gasteiger partial charge >= 0.3 is 0 Å². The van der Waals surface area contributed by atoms with Crippen molar-refractivity contribution >= 4 is 49.0 Å². The van der Waals surface area contributed by atoms with E-state index in [9.17, 15) is 0 Å². The van der Waals surface area contributed by atoms with Crippen LogP contribution in [0, 0.1) is 0 Å². The van der Waals surface area contributed by atoms with E-state index in [-0.39, 0.29) is 0 Å². The zero-order chi connectivity index (χ0) is 27.6. The SMILES string of the molecule is c1ccc(-c2nc(-c3ccccc3)nc(-n3c4ccccc4c4c3c3ccccc3c3c5ccccc5cn34)n2)cc1. The Bertz CT molecular complexity index is 2400. The van der Waals surface area contributed by atoms with E-state index in [2.05, 4.69) is 88.0 Å². The molecule has 0 aliphatic rings. The van der Waals surface area contributed by atoms with Crippen LogP contribution in [0.5, 0.6) is 0 Å². The smallest absolute Gasteiger partial charge is 0.238 e. The minimum atomic E-state index is 0.593. The summed E-state index contributed by atoms with van der Waals surface area (Å²) in [6.45, 7) is 0. The van der Waals surface area contributed by atoms with Crippen molar-refractivity contribution in [1.29, 1.82) is 0 Å². The normalized spacial score (nSPS) is 11.8. The first kappa shape index (κ1) is 22.9. The molecule has 5 heteroatoms. The monoisotopic (exact) mass is 537 g/mol. The molecule has 4 aromatic heterocycles. The van der Waals surface area contributed by atoms with Crippen molar-refractivity contribution in [3.63, 3.8) is 0 Å². The van der Waals surface area contributed by atoms with Crippen LogP contribution < -0.4 is 0 Å². The molecule has 0 saturated heterocycles. The summed E-state index contributed by atoms with van der Waals surface area (Å²) in [4.78, 5) is 15.2. The second kappa shape index (κ2) is 8.85. The average Bonchev–Trinajstić information content (AvgIpc) is 3.62. The number of para-hydroxylation sites is 1. The maximum Gasteiger partial charge on any atom is 0.238 e. The Morgan fingerprint density at radius 1 is 0.405 bits per heavy atom.